The number of esters is 1. The maximum Gasteiger partial charge on any atom is 0.329 e. The highest BCUT2D eigenvalue weighted by atomic mass is 16.5. The Balaban J connectivity index is 1.39. The number of para-hydroxylation sites is 1. The lowest BCUT2D eigenvalue weighted by Gasteiger charge is -2.22. The van der Waals surface area contributed by atoms with Crippen molar-refractivity contribution in [2.75, 3.05) is 18.5 Å². The molecule has 162 valence electrons. The average molecular weight is 433 g/mol. The molecular weight excluding hydrogens is 414 g/mol. The average Bonchev–Trinajstić information content (AvgIpc) is 3.58. The molecule has 0 spiro atoms. The van der Waals surface area contributed by atoms with E-state index in [0.29, 0.717) is 25.1 Å². The van der Waals surface area contributed by atoms with Crippen LogP contribution in [0.15, 0.2) is 59.3 Å². The van der Waals surface area contributed by atoms with Gasteiger partial charge in [-0.05, 0) is 37.1 Å². The maximum atomic E-state index is 12.6. The van der Waals surface area contributed by atoms with Crippen LogP contribution in [0.4, 0.5) is 5.82 Å². The number of carbonyl (C=O) groups excluding carboxylic acids is 3. The van der Waals surface area contributed by atoms with E-state index in [1.807, 2.05) is 12.1 Å². The van der Waals surface area contributed by atoms with E-state index in [0.717, 1.165) is 0 Å². The Morgan fingerprint density at radius 3 is 2.75 bits per heavy atom. The van der Waals surface area contributed by atoms with Gasteiger partial charge in [0.1, 0.15) is 17.7 Å². The van der Waals surface area contributed by atoms with Crippen LogP contribution in [0, 0.1) is 11.3 Å². The lowest BCUT2D eigenvalue weighted by Crippen LogP contribution is -2.42. The summed E-state index contributed by atoms with van der Waals surface area (Å²) in [6.45, 7) is -0.170. The summed E-state index contributed by atoms with van der Waals surface area (Å²) in [5, 5.41) is 16.0. The van der Waals surface area contributed by atoms with Crippen molar-refractivity contribution in [2.24, 2.45) is 0 Å². The molecule has 2 amide bonds. The third kappa shape index (κ3) is 4.22. The molecule has 0 bridgehead atoms. The van der Waals surface area contributed by atoms with E-state index in [1.54, 1.807) is 30.3 Å². The normalized spacial score (nSPS) is 15.2. The van der Waals surface area contributed by atoms with Crippen molar-refractivity contribution in [2.45, 2.75) is 18.9 Å². The first-order chi connectivity index (χ1) is 15.6. The van der Waals surface area contributed by atoms with Gasteiger partial charge < -0.3 is 19.4 Å². The van der Waals surface area contributed by atoms with Crippen molar-refractivity contribution in [3.05, 3.63) is 66.2 Å². The fourth-order valence-corrected chi connectivity index (χ4v) is 3.51. The Labute approximate surface area is 183 Å². The van der Waals surface area contributed by atoms with Gasteiger partial charge in [0, 0.05) is 6.54 Å². The number of ether oxygens (including phenoxy) is 1. The minimum Gasteiger partial charge on any atom is -0.459 e. The van der Waals surface area contributed by atoms with Crippen LogP contribution in [0.3, 0.4) is 0 Å². The number of nitrogens with zero attached hydrogens (tertiary/aromatic N) is 4. The Hall–Kier alpha value is -4.39. The monoisotopic (exact) mass is 433 g/mol. The molecule has 2 aromatic heterocycles. The largest absolute Gasteiger partial charge is 0.459 e. The summed E-state index contributed by atoms with van der Waals surface area (Å²) in [5.41, 5.74) is 0.818. The van der Waals surface area contributed by atoms with Crippen molar-refractivity contribution in [3.8, 4) is 11.8 Å². The Bertz CT molecular complexity index is 1160. The molecule has 1 saturated heterocycles. The molecule has 32 heavy (non-hydrogen) atoms. The lowest BCUT2D eigenvalue weighted by molar-refractivity contribution is -0.151. The van der Waals surface area contributed by atoms with Gasteiger partial charge in [-0.2, -0.15) is 10.4 Å². The smallest absolute Gasteiger partial charge is 0.329 e. The molecule has 1 fully saturated rings. The summed E-state index contributed by atoms with van der Waals surface area (Å²) in [6.07, 6.45) is 3.80. The number of hydrogen-bond acceptors (Lipinski definition) is 7. The number of nitrogens with one attached hydrogen (secondary N) is 1. The second kappa shape index (κ2) is 9.18. The highest BCUT2D eigenvalue weighted by Gasteiger charge is 2.36. The predicted molar refractivity (Wildman–Crippen MR) is 111 cm³/mol. The number of furan rings is 1. The Morgan fingerprint density at radius 1 is 1.22 bits per heavy atom. The van der Waals surface area contributed by atoms with Crippen molar-refractivity contribution >= 4 is 23.6 Å². The molecule has 1 N–H and O–H groups in total. The van der Waals surface area contributed by atoms with Crippen molar-refractivity contribution in [3.63, 3.8) is 0 Å². The molecule has 1 atom stereocenters. The second-order valence-corrected chi connectivity index (χ2v) is 7.06. The summed E-state index contributed by atoms with van der Waals surface area (Å²) in [4.78, 5) is 38.9. The highest BCUT2D eigenvalue weighted by Crippen LogP contribution is 2.22. The summed E-state index contributed by atoms with van der Waals surface area (Å²) in [6, 6.07) is 13.3. The molecule has 10 heteroatoms. The molecule has 3 aromatic rings. The highest BCUT2D eigenvalue weighted by molar-refractivity contribution is 5.96. The molecule has 3 heterocycles. The predicted octanol–water partition coefficient (Wildman–Crippen LogP) is 2.12. The number of likely N-dealkylation sites (tertiary alicyclic amines) is 1. The quantitative estimate of drug-likeness (QED) is 0.589. The molecule has 0 radical (unpaired) electrons. The van der Waals surface area contributed by atoms with Gasteiger partial charge in [0.2, 0.25) is 0 Å². The molecular formula is C22H19N5O5. The van der Waals surface area contributed by atoms with E-state index >= 15 is 0 Å². The van der Waals surface area contributed by atoms with Crippen LogP contribution in [0.2, 0.25) is 0 Å². The molecule has 10 nitrogen and oxygen atoms in total. The summed E-state index contributed by atoms with van der Waals surface area (Å²) in [5.74, 6) is -1.38. The van der Waals surface area contributed by atoms with Gasteiger partial charge in [-0.1, -0.05) is 18.2 Å². The molecule has 0 unspecified atom stereocenters. The number of anilines is 1. The van der Waals surface area contributed by atoms with Crippen molar-refractivity contribution in [1.29, 1.82) is 5.26 Å². The first-order valence-corrected chi connectivity index (χ1v) is 9.93. The first kappa shape index (κ1) is 20.9. The van der Waals surface area contributed by atoms with Gasteiger partial charge in [0.25, 0.3) is 11.8 Å². The fourth-order valence-electron chi connectivity index (χ4n) is 3.51. The van der Waals surface area contributed by atoms with E-state index in [9.17, 15) is 19.6 Å². The van der Waals surface area contributed by atoms with Gasteiger partial charge in [-0.25, -0.2) is 9.48 Å². The van der Waals surface area contributed by atoms with Crippen molar-refractivity contribution < 1.29 is 23.5 Å². The number of amides is 2. The topological polar surface area (TPSA) is 130 Å². The van der Waals surface area contributed by atoms with Gasteiger partial charge in [-0.3, -0.25) is 9.59 Å². The molecule has 4 rings (SSSR count). The molecule has 1 aliphatic rings. The standard InChI is InChI=1S/C22H19N5O5/c23-12-15-13-24-27(16-6-2-1-3-7-16)20(15)25-19(28)14-32-22(30)17-8-4-10-26(17)21(29)18-9-5-11-31-18/h1-3,5-7,9,11,13,17H,4,8,10,14H2,(H,25,28)/t17-/m0/s1. The van der Waals surface area contributed by atoms with Gasteiger partial charge in [0.15, 0.2) is 18.2 Å². The number of nitriles is 1. The second-order valence-electron chi connectivity index (χ2n) is 7.06. The fraction of sp³-hybridized carbons (Fsp3) is 0.227. The molecule has 1 aromatic carbocycles. The SMILES string of the molecule is N#Cc1cnn(-c2ccccc2)c1NC(=O)COC(=O)[C@@H]1CCCN1C(=O)c1ccco1. The van der Waals surface area contributed by atoms with E-state index in [2.05, 4.69) is 10.4 Å². The van der Waals surface area contributed by atoms with E-state index < -0.39 is 30.4 Å². The number of rotatable bonds is 6. The van der Waals surface area contributed by atoms with Crippen LogP contribution < -0.4 is 5.32 Å². The summed E-state index contributed by atoms with van der Waals surface area (Å²) in [7, 11) is 0. The van der Waals surface area contributed by atoms with Gasteiger partial charge in [-0.15, -0.1) is 0 Å². The molecule has 1 aliphatic heterocycles. The molecule has 0 saturated carbocycles. The van der Waals surface area contributed by atoms with Crippen LogP contribution in [0.5, 0.6) is 0 Å². The first-order valence-electron chi connectivity index (χ1n) is 9.93. The molecule has 0 aliphatic carbocycles. The van der Waals surface area contributed by atoms with Crippen LogP contribution in [-0.4, -0.2) is 51.7 Å². The zero-order chi connectivity index (χ0) is 22.5. The van der Waals surface area contributed by atoms with E-state index in [4.69, 9.17) is 9.15 Å². The third-order valence-corrected chi connectivity index (χ3v) is 5.01. The number of aromatic nitrogens is 2. The van der Waals surface area contributed by atoms with E-state index in [1.165, 1.54) is 28.1 Å². The van der Waals surface area contributed by atoms with Crippen molar-refractivity contribution in [1.82, 2.24) is 14.7 Å². The number of carbonyl (C=O) groups is 3. The van der Waals surface area contributed by atoms with Gasteiger partial charge >= 0.3 is 5.97 Å². The summed E-state index contributed by atoms with van der Waals surface area (Å²) >= 11 is 0. The maximum absolute atomic E-state index is 12.6. The zero-order valence-corrected chi connectivity index (χ0v) is 16.9. The zero-order valence-electron chi connectivity index (χ0n) is 16.9. The Morgan fingerprint density at radius 2 is 2.03 bits per heavy atom. The van der Waals surface area contributed by atoms with Crippen LogP contribution in [0.1, 0.15) is 29.0 Å². The Kier molecular flexibility index (Phi) is 5.98. The van der Waals surface area contributed by atoms with Crippen LogP contribution in [-0.2, 0) is 14.3 Å². The number of benzene rings is 1. The van der Waals surface area contributed by atoms with E-state index in [-0.39, 0.29) is 17.1 Å². The minimum absolute atomic E-state index is 0.139. The minimum atomic E-state index is -0.787. The lowest BCUT2D eigenvalue weighted by atomic mass is 10.2. The third-order valence-electron chi connectivity index (χ3n) is 5.01. The van der Waals surface area contributed by atoms with Gasteiger partial charge in [0.05, 0.1) is 18.1 Å². The van der Waals surface area contributed by atoms with Crippen LogP contribution in [0.25, 0.3) is 5.69 Å². The number of hydrogen-bond donors (Lipinski definition) is 1. The summed E-state index contributed by atoms with van der Waals surface area (Å²) < 4.78 is 11.7. The van der Waals surface area contributed by atoms with Crippen LogP contribution >= 0.6 is 0 Å².